The SMILES string of the molecule is O=C(CCCC(=O)N1CCN(c2cccc(Cl)c2)CC1)Nc1nnc(C2CCC2)s1. The van der Waals surface area contributed by atoms with E-state index in [0.717, 1.165) is 41.6 Å². The number of nitrogens with zero attached hydrogens (tertiary/aromatic N) is 4. The zero-order valence-electron chi connectivity index (χ0n) is 16.8. The van der Waals surface area contributed by atoms with Crippen molar-refractivity contribution in [2.75, 3.05) is 36.4 Å². The average Bonchev–Trinajstić information content (AvgIpc) is 3.14. The van der Waals surface area contributed by atoms with Gasteiger partial charge in [-0.3, -0.25) is 9.59 Å². The highest BCUT2D eigenvalue weighted by molar-refractivity contribution is 7.15. The van der Waals surface area contributed by atoms with Crippen molar-refractivity contribution in [3.63, 3.8) is 0 Å². The summed E-state index contributed by atoms with van der Waals surface area (Å²) in [5.74, 6) is 0.520. The molecule has 1 aliphatic heterocycles. The van der Waals surface area contributed by atoms with Crippen LogP contribution in [0.5, 0.6) is 0 Å². The Morgan fingerprint density at radius 3 is 2.63 bits per heavy atom. The molecule has 160 valence electrons. The summed E-state index contributed by atoms with van der Waals surface area (Å²) in [7, 11) is 0. The highest BCUT2D eigenvalue weighted by Crippen LogP contribution is 2.38. The third kappa shape index (κ3) is 5.29. The van der Waals surface area contributed by atoms with Gasteiger partial charge in [0.05, 0.1) is 0 Å². The Bertz CT molecular complexity index is 893. The Balaban J connectivity index is 1.15. The summed E-state index contributed by atoms with van der Waals surface area (Å²) in [5.41, 5.74) is 1.09. The summed E-state index contributed by atoms with van der Waals surface area (Å²) in [6.45, 7) is 2.94. The fourth-order valence-corrected chi connectivity index (χ4v) is 4.85. The molecule has 2 fully saturated rings. The lowest BCUT2D eigenvalue weighted by molar-refractivity contribution is -0.131. The summed E-state index contributed by atoms with van der Waals surface area (Å²) in [6, 6.07) is 7.79. The van der Waals surface area contributed by atoms with Crippen molar-refractivity contribution in [2.24, 2.45) is 0 Å². The molecule has 1 aliphatic carbocycles. The van der Waals surface area contributed by atoms with E-state index >= 15 is 0 Å². The topological polar surface area (TPSA) is 78.4 Å². The number of amides is 2. The first-order valence-electron chi connectivity index (χ1n) is 10.5. The second-order valence-electron chi connectivity index (χ2n) is 7.82. The number of rotatable bonds is 7. The smallest absolute Gasteiger partial charge is 0.226 e. The number of piperazine rings is 1. The van der Waals surface area contributed by atoms with Crippen LogP contribution in [0.1, 0.15) is 49.5 Å². The molecule has 0 bridgehead atoms. The highest BCUT2D eigenvalue weighted by Gasteiger charge is 2.24. The summed E-state index contributed by atoms with van der Waals surface area (Å²) >= 11 is 7.54. The summed E-state index contributed by atoms with van der Waals surface area (Å²) in [6.07, 6.45) is 4.81. The predicted molar refractivity (Wildman–Crippen MR) is 119 cm³/mol. The van der Waals surface area contributed by atoms with Crippen LogP contribution < -0.4 is 10.2 Å². The quantitative estimate of drug-likeness (QED) is 0.696. The number of hydrogen-bond acceptors (Lipinski definition) is 6. The third-order valence-electron chi connectivity index (χ3n) is 5.74. The van der Waals surface area contributed by atoms with Crippen LogP contribution in [0.15, 0.2) is 24.3 Å². The van der Waals surface area contributed by atoms with Crippen LogP contribution >= 0.6 is 22.9 Å². The van der Waals surface area contributed by atoms with Crippen LogP contribution in [0.25, 0.3) is 0 Å². The van der Waals surface area contributed by atoms with Crippen LogP contribution in [0.4, 0.5) is 10.8 Å². The molecule has 9 heteroatoms. The largest absolute Gasteiger partial charge is 0.368 e. The molecule has 1 saturated heterocycles. The maximum atomic E-state index is 12.5. The lowest BCUT2D eigenvalue weighted by Crippen LogP contribution is -2.48. The lowest BCUT2D eigenvalue weighted by atomic mass is 9.86. The van der Waals surface area contributed by atoms with Gasteiger partial charge in [-0.2, -0.15) is 0 Å². The molecule has 2 heterocycles. The van der Waals surface area contributed by atoms with Crippen molar-refractivity contribution in [1.82, 2.24) is 15.1 Å². The summed E-state index contributed by atoms with van der Waals surface area (Å²) in [4.78, 5) is 28.8. The molecular weight excluding hydrogens is 422 g/mol. The molecule has 2 aliphatic rings. The fourth-order valence-electron chi connectivity index (χ4n) is 3.73. The Morgan fingerprint density at radius 1 is 1.13 bits per heavy atom. The normalized spacial score (nSPS) is 17.0. The number of anilines is 2. The van der Waals surface area contributed by atoms with Crippen molar-refractivity contribution in [3.05, 3.63) is 34.3 Å². The molecule has 2 amide bonds. The van der Waals surface area contributed by atoms with Crippen molar-refractivity contribution < 1.29 is 9.59 Å². The zero-order chi connectivity index (χ0) is 20.9. The first-order chi connectivity index (χ1) is 14.6. The van der Waals surface area contributed by atoms with E-state index in [1.165, 1.54) is 17.8 Å². The number of carbonyl (C=O) groups excluding carboxylic acids is 2. The Hall–Kier alpha value is -2.19. The number of benzene rings is 1. The minimum absolute atomic E-state index is 0.107. The molecule has 4 rings (SSSR count). The molecule has 0 radical (unpaired) electrons. The van der Waals surface area contributed by atoms with E-state index < -0.39 is 0 Å². The van der Waals surface area contributed by atoms with Gasteiger partial charge >= 0.3 is 0 Å². The number of halogens is 1. The maximum absolute atomic E-state index is 12.5. The van der Waals surface area contributed by atoms with E-state index in [1.807, 2.05) is 29.2 Å². The van der Waals surface area contributed by atoms with Crippen molar-refractivity contribution in [3.8, 4) is 0 Å². The van der Waals surface area contributed by atoms with Crippen molar-refractivity contribution >= 4 is 45.6 Å². The standard InChI is InChI=1S/C21H26ClN5O2S/c22-16-6-2-7-17(14-16)26-10-12-27(13-11-26)19(29)9-3-8-18(28)23-21-25-24-20(30-21)15-4-1-5-15/h2,6-7,14-15H,1,3-5,8-13H2,(H,23,25,28). The number of aromatic nitrogens is 2. The van der Waals surface area contributed by atoms with Gasteiger partial charge in [0.1, 0.15) is 5.01 Å². The molecule has 2 aromatic rings. The number of hydrogen-bond donors (Lipinski definition) is 1. The molecule has 1 N–H and O–H groups in total. The second-order valence-corrected chi connectivity index (χ2v) is 9.27. The number of nitrogens with one attached hydrogen (secondary N) is 1. The minimum Gasteiger partial charge on any atom is -0.368 e. The second kappa shape index (κ2) is 9.75. The predicted octanol–water partition coefficient (Wildman–Crippen LogP) is 3.92. The minimum atomic E-state index is -0.107. The van der Waals surface area contributed by atoms with Gasteiger partial charge in [-0.15, -0.1) is 10.2 Å². The Morgan fingerprint density at radius 2 is 1.93 bits per heavy atom. The number of carbonyl (C=O) groups is 2. The Kier molecular flexibility index (Phi) is 6.84. The molecular formula is C21H26ClN5O2S. The summed E-state index contributed by atoms with van der Waals surface area (Å²) in [5, 5.41) is 13.3. The molecule has 1 aromatic heterocycles. The van der Waals surface area contributed by atoms with E-state index in [2.05, 4.69) is 20.4 Å². The first-order valence-corrected chi connectivity index (χ1v) is 11.7. The third-order valence-corrected chi connectivity index (χ3v) is 6.98. The average molecular weight is 448 g/mol. The first kappa shape index (κ1) is 21.1. The van der Waals surface area contributed by atoms with Crippen LogP contribution in [-0.4, -0.2) is 53.1 Å². The molecule has 30 heavy (non-hydrogen) atoms. The van der Waals surface area contributed by atoms with Crippen molar-refractivity contribution in [2.45, 2.75) is 44.4 Å². The molecule has 0 spiro atoms. The van der Waals surface area contributed by atoms with Gasteiger partial charge in [0.2, 0.25) is 16.9 Å². The van der Waals surface area contributed by atoms with Gasteiger partial charge in [-0.25, -0.2) is 0 Å². The fraction of sp³-hybridized carbons (Fsp3) is 0.524. The molecule has 1 saturated carbocycles. The van der Waals surface area contributed by atoms with Crippen molar-refractivity contribution in [1.29, 1.82) is 0 Å². The van der Waals surface area contributed by atoms with Crippen LogP contribution in [-0.2, 0) is 9.59 Å². The van der Waals surface area contributed by atoms with E-state index in [1.54, 1.807) is 0 Å². The van der Waals surface area contributed by atoms with Crippen LogP contribution in [0.2, 0.25) is 5.02 Å². The van der Waals surface area contributed by atoms with Crippen LogP contribution in [0.3, 0.4) is 0 Å². The van der Waals surface area contributed by atoms with Gasteiger partial charge in [-0.1, -0.05) is 35.4 Å². The molecule has 1 aromatic carbocycles. The Labute approximate surface area is 185 Å². The van der Waals surface area contributed by atoms with E-state index in [4.69, 9.17) is 11.6 Å². The lowest BCUT2D eigenvalue weighted by Gasteiger charge is -2.36. The monoisotopic (exact) mass is 447 g/mol. The molecule has 0 unspecified atom stereocenters. The summed E-state index contributed by atoms with van der Waals surface area (Å²) < 4.78 is 0. The highest BCUT2D eigenvalue weighted by atomic mass is 35.5. The van der Waals surface area contributed by atoms with E-state index in [9.17, 15) is 9.59 Å². The van der Waals surface area contributed by atoms with Gasteiger partial charge in [0.15, 0.2) is 0 Å². The van der Waals surface area contributed by atoms with Gasteiger partial charge in [-0.05, 0) is 37.5 Å². The van der Waals surface area contributed by atoms with E-state index in [-0.39, 0.29) is 11.8 Å². The van der Waals surface area contributed by atoms with E-state index in [0.29, 0.717) is 43.4 Å². The zero-order valence-corrected chi connectivity index (χ0v) is 18.4. The molecule has 0 atom stereocenters. The molecule has 7 nitrogen and oxygen atoms in total. The maximum Gasteiger partial charge on any atom is 0.226 e. The van der Waals surface area contributed by atoms with Gasteiger partial charge in [0, 0.05) is 55.6 Å². The van der Waals surface area contributed by atoms with Gasteiger partial charge < -0.3 is 15.1 Å². The van der Waals surface area contributed by atoms with Crippen LogP contribution in [0, 0.1) is 0 Å². The van der Waals surface area contributed by atoms with Gasteiger partial charge in [0.25, 0.3) is 0 Å².